The SMILES string of the molecule is CCOC(=O)C1=C(c2ccccc2)Nc2nc(SC)[nH]c(=O)c2C1c1cccc(OC)c1. The van der Waals surface area contributed by atoms with Crippen LogP contribution in [-0.2, 0) is 9.53 Å². The number of carbonyl (C=O) groups is 1. The highest BCUT2D eigenvalue weighted by Gasteiger charge is 2.38. The number of carbonyl (C=O) groups excluding carboxylic acids is 1. The molecule has 0 saturated carbocycles. The van der Waals surface area contributed by atoms with E-state index in [1.54, 1.807) is 14.0 Å². The van der Waals surface area contributed by atoms with E-state index in [-0.39, 0.29) is 12.2 Å². The zero-order valence-corrected chi connectivity index (χ0v) is 18.8. The Labute approximate surface area is 189 Å². The molecule has 1 aromatic heterocycles. The third kappa shape index (κ3) is 4.01. The number of nitrogens with zero attached hydrogens (tertiary/aromatic N) is 1. The smallest absolute Gasteiger partial charge is 0.337 e. The Bertz CT molecular complexity index is 1240. The van der Waals surface area contributed by atoms with E-state index in [1.807, 2.05) is 60.9 Å². The first kappa shape index (κ1) is 21.7. The van der Waals surface area contributed by atoms with E-state index in [1.165, 1.54) is 11.8 Å². The number of benzene rings is 2. The molecule has 1 aliphatic heterocycles. The summed E-state index contributed by atoms with van der Waals surface area (Å²) in [5.74, 6) is -0.150. The molecule has 0 spiro atoms. The summed E-state index contributed by atoms with van der Waals surface area (Å²) in [4.78, 5) is 33.9. The van der Waals surface area contributed by atoms with Crippen LogP contribution in [0.4, 0.5) is 5.82 Å². The summed E-state index contributed by atoms with van der Waals surface area (Å²) in [7, 11) is 1.58. The molecule has 3 aromatic rings. The average molecular weight is 450 g/mol. The van der Waals surface area contributed by atoms with Gasteiger partial charge in [-0.15, -0.1) is 0 Å². The highest BCUT2D eigenvalue weighted by atomic mass is 32.2. The molecule has 2 N–H and O–H groups in total. The van der Waals surface area contributed by atoms with E-state index in [0.29, 0.717) is 33.6 Å². The van der Waals surface area contributed by atoms with Gasteiger partial charge in [-0.1, -0.05) is 54.2 Å². The van der Waals surface area contributed by atoms with Gasteiger partial charge in [-0.05, 0) is 36.4 Å². The fourth-order valence-corrected chi connectivity index (χ4v) is 4.19. The molecule has 32 heavy (non-hydrogen) atoms. The van der Waals surface area contributed by atoms with Crippen molar-refractivity contribution in [3.8, 4) is 5.75 Å². The van der Waals surface area contributed by atoms with E-state index in [2.05, 4.69) is 15.3 Å². The molecule has 1 aliphatic rings. The molecular weight excluding hydrogens is 426 g/mol. The molecule has 1 unspecified atom stereocenters. The normalized spacial score (nSPS) is 15.0. The van der Waals surface area contributed by atoms with Gasteiger partial charge in [-0.3, -0.25) is 4.79 Å². The minimum absolute atomic E-state index is 0.210. The van der Waals surface area contributed by atoms with Crippen LogP contribution in [0, 0.1) is 0 Å². The van der Waals surface area contributed by atoms with Crippen molar-refractivity contribution < 1.29 is 14.3 Å². The van der Waals surface area contributed by atoms with Crippen LogP contribution < -0.4 is 15.6 Å². The Morgan fingerprint density at radius 2 is 1.94 bits per heavy atom. The number of anilines is 1. The number of hydrogen-bond donors (Lipinski definition) is 2. The topological polar surface area (TPSA) is 93.3 Å². The quantitative estimate of drug-likeness (QED) is 0.333. The third-order valence-electron chi connectivity index (χ3n) is 5.20. The van der Waals surface area contributed by atoms with E-state index in [4.69, 9.17) is 9.47 Å². The molecule has 2 heterocycles. The van der Waals surface area contributed by atoms with Gasteiger partial charge in [0, 0.05) is 0 Å². The summed E-state index contributed by atoms with van der Waals surface area (Å²) in [5, 5.41) is 3.73. The summed E-state index contributed by atoms with van der Waals surface area (Å²) >= 11 is 1.34. The van der Waals surface area contributed by atoms with Crippen molar-refractivity contribution in [2.24, 2.45) is 0 Å². The number of esters is 1. The Morgan fingerprint density at radius 1 is 1.16 bits per heavy atom. The molecule has 8 heteroatoms. The lowest BCUT2D eigenvalue weighted by Gasteiger charge is -2.30. The molecule has 1 atom stereocenters. The standard InChI is InChI=1S/C24H23N3O4S/c1-4-31-23(29)18-17(15-11-8-12-16(13-15)30-2)19-21(26-24(32-3)27-22(19)28)25-20(18)14-9-6-5-7-10-14/h5-13,17H,4H2,1-3H3,(H2,25,26,27,28). The molecule has 7 nitrogen and oxygen atoms in total. The number of aromatic amines is 1. The highest BCUT2D eigenvalue weighted by molar-refractivity contribution is 7.98. The van der Waals surface area contributed by atoms with Crippen molar-refractivity contribution in [1.82, 2.24) is 9.97 Å². The first-order chi connectivity index (χ1) is 15.6. The first-order valence-corrected chi connectivity index (χ1v) is 11.4. The molecule has 0 amide bonds. The van der Waals surface area contributed by atoms with Gasteiger partial charge in [0.2, 0.25) is 0 Å². The van der Waals surface area contributed by atoms with Crippen molar-refractivity contribution in [3.05, 3.63) is 87.2 Å². The highest BCUT2D eigenvalue weighted by Crippen LogP contribution is 2.43. The maximum absolute atomic E-state index is 13.3. The fraction of sp³-hybridized carbons (Fsp3) is 0.208. The number of rotatable bonds is 6. The van der Waals surface area contributed by atoms with Crippen molar-refractivity contribution in [1.29, 1.82) is 0 Å². The number of hydrogen-bond acceptors (Lipinski definition) is 7. The van der Waals surface area contributed by atoms with Crippen LogP contribution in [0.1, 0.15) is 29.5 Å². The Balaban J connectivity index is 2.05. The number of H-pyrrole nitrogens is 1. The van der Waals surface area contributed by atoms with E-state index < -0.39 is 11.9 Å². The van der Waals surface area contributed by atoms with Gasteiger partial charge in [0.1, 0.15) is 11.6 Å². The monoisotopic (exact) mass is 449 g/mol. The lowest BCUT2D eigenvalue weighted by molar-refractivity contribution is -0.138. The van der Waals surface area contributed by atoms with Gasteiger partial charge in [-0.2, -0.15) is 0 Å². The van der Waals surface area contributed by atoms with Crippen LogP contribution in [-0.4, -0.2) is 35.9 Å². The van der Waals surface area contributed by atoms with Gasteiger partial charge in [-0.25, -0.2) is 9.78 Å². The van der Waals surface area contributed by atoms with E-state index in [0.717, 1.165) is 11.1 Å². The molecule has 164 valence electrons. The molecule has 0 aliphatic carbocycles. The summed E-state index contributed by atoms with van der Waals surface area (Å²) in [5.41, 5.74) is 2.49. The zero-order valence-electron chi connectivity index (χ0n) is 18.0. The molecule has 0 radical (unpaired) electrons. The number of fused-ring (bicyclic) bond motifs is 1. The maximum atomic E-state index is 13.3. The van der Waals surface area contributed by atoms with E-state index in [9.17, 15) is 9.59 Å². The predicted molar refractivity (Wildman–Crippen MR) is 125 cm³/mol. The average Bonchev–Trinajstić information content (AvgIpc) is 2.83. The summed E-state index contributed by atoms with van der Waals surface area (Å²) in [6, 6.07) is 16.8. The van der Waals surface area contributed by atoms with Crippen LogP contribution in [0.3, 0.4) is 0 Å². The number of aromatic nitrogens is 2. The van der Waals surface area contributed by atoms with Crippen LogP contribution in [0.15, 0.2) is 70.1 Å². The number of nitrogens with one attached hydrogen (secondary N) is 2. The van der Waals surface area contributed by atoms with Gasteiger partial charge in [0.05, 0.1) is 36.5 Å². The summed E-state index contributed by atoms with van der Waals surface area (Å²) in [6.45, 7) is 1.96. The summed E-state index contributed by atoms with van der Waals surface area (Å²) in [6.07, 6.45) is 1.84. The Hall–Kier alpha value is -3.52. The summed E-state index contributed by atoms with van der Waals surface area (Å²) < 4.78 is 10.8. The third-order valence-corrected chi connectivity index (χ3v) is 5.78. The van der Waals surface area contributed by atoms with Crippen LogP contribution in [0.5, 0.6) is 5.75 Å². The second-order valence-electron chi connectivity index (χ2n) is 7.05. The molecular formula is C24H23N3O4S. The Morgan fingerprint density at radius 3 is 2.62 bits per heavy atom. The van der Waals surface area contributed by atoms with Crippen LogP contribution in [0.2, 0.25) is 0 Å². The largest absolute Gasteiger partial charge is 0.497 e. The first-order valence-electron chi connectivity index (χ1n) is 10.1. The van der Waals surface area contributed by atoms with Crippen LogP contribution in [0.25, 0.3) is 5.70 Å². The number of thioether (sulfide) groups is 1. The second kappa shape index (κ2) is 9.32. The minimum Gasteiger partial charge on any atom is -0.497 e. The lowest BCUT2D eigenvalue weighted by Crippen LogP contribution is -2.31. The second-order valence-corrected chi connectivity index (χ2v) is 7.84. The van der Waals surface area contributed by atoms with Crippen molar-refractivity contribution >= 4 is 29.2 Å². The molecule has 0 bridgehead atoms. The minimum atomic E-state index is -0.692. The predicted octanol–water partition coefficient (Wildman–Crippen LogP) is 4.03. The zero-order chi connectivity index (χ0) is 22.7. The number of methoxy groups -OCH3 is 1. The van der Waals surface area contributed by atoms with Gasteiger partial charge < -0.3 is 19.8 Å². The lowest BCUT2D eigenvalue weighted by atomic mass is 9.81. The maximum Gasteiger partial charge on any atom is 0.337 e. The Kier molecular flexibility index (Phi) is 6.32. The molecule has 0 fully saturated rings. The number of ether oxygens (including phenoxy) is 2. The fourth-order valence-electron chi connectivity index (χ4n) is 3.81. The van der Waals surface area contributed by atoms with Crippen molar-refractivity contribution in [2.45, 2.75) is 18.0 Å². The van der Waals surface area contributed by atoms with Gasteiger partial charge in [0.15, 0.2) is 5.16 Å². The van der Waals surface area contributed by atoms with Crippen LogP contribution >= 0.6 is 11.8 Å². The van der Waals surface area contributed by atoms with E-state index >= 15 is 0 Å². The van der Waals surface area contributed by atoms with Gasteiger partial charge in [0.25, 0.3) is 5.56 Å². The molecule has 4 rings (SSSR count). The van der Waals surface area contributed by atoms with Crippen molar-refractivity contribution in [3.63, 3.8) is 0 Å². The van der Waals surface area contributed by atoms with Gasteiger partial charge >= 0.3 is 5.97 Å². The molecule has 0 saturated heterocycles. The van der Waals surface area contributed by atoms with Crippen molar-refractivity contribution in [2.75, 3.05) is 25.3 Å². The molecule has 2 aromatic carbocycles.